The highest BCUT2D eigenvalue weighted by Crippen LogP contribution is 2.24. The monoisotopic (exact) mass is 573 g/mol. The Kier molecular flexibility index (Phi) is 8.66. The van der Waals surface area contributed by atoms with E-state index < -0.39 is 0 Å². The summed E-state index contributed by atoms with van der Waals surface area (Å²) in [6, 6.07) is 14.3. The van der Waals surface area contributed by atoms with E-state index in [9.17, 15) is 10.1 Å². The molecule has 1 aromatic carbocycles. The van der Waals surface area contributed by atoms with Crippen molar-refractivity contribution >= 4 is 46.5 Å². The second kappa shape index (κ2) is 11.4. The van der Waals surface area contributed by atoms with Crippen LogP contribution in [0.2, 0.25) is 0 Å². The summed E-state index contributed by atoms with van der Waals surface area (Å²) in [7, 11) is 1.58. The molecule has 3 aromatic rings. The van der Waals surface area contributed by atoms with E-state index in [1.54, 1.807) is 13.3 Å². The van der Waals surface area contributed by atoms with Gasteiger partial charge in [-0.3, -0.25) is 4.79 Å². The van der Waals surface area contributed by atoms with Crippen molar-refractivity contribution in [1.29, 1.82) is 5.26 Å². The third-order valence-electron chi connectivity index (χ3n) is 4.90. The quantitative estimate of drug-likeness (QED) is 0.183. The average molecular weight is 573 g/mol. The third kappa shape index (κ3) is 6.22. The van der Waals surface area contributed by atoms with Crippen molar-refractivity contribution in [2.45, 2.75) is 32.4 Å². The number of nitriles is 1. The number of thioether (sulfide) groups is 1. The number of nitrogens with zero attached hydrogens (tertiary/aromatic N) is 4. The fourth-order valence-electron chi connectivity index (χ4n) is 3.45. The highest BCUT2D eigenvalue weighted by Gasteiger charge is 2.14. The van der Waals surface area contributed by atoms with Crippen LogP contribution in [0.5, 0.6) is 0 Å². The molecule has 33 heavy (non-hydrogen) atoms. The van der Waals surface area contributed by atoms with Crippen molar-refractivity contribution in [2.24, 2.45) is 5.10 Å². The van der Waals surface area contributed by atoms with Crippen molar-refractivity contribution in [3.05, 3.63) is 73.7 Å². The van der Waals surface area contributed by atoms with E-state index in [2.05, 4.69) is 73.0 Å². The van der Waals surface area contributed by atoms with Crippen LogP contribution in [0, 0.1) is 35.7 Å². The zero-order valence-electron chi connectivity index (χ0n) is 18.8. The minimum atomic E-state index is -0.275. The number of rotatable bonds is 8. The number of methoxy groups -OCH3 is 1. The Balaban J connectivity index is 1.65. The van der Waals surface area contributed by atoms with Gasteiger partial charge in [0, 0.05) is 39.0 Å². The molecule has 3 rings (SSSR count). The lowest BCUT2D eigenvalue weighted by atomic mass is 10.1. The van der Waals surface area contributed by atoms with E-state index in [0.717, 1.165) is 33.9 Å². The van der Waals surface area contributed by atoms with Gasteiger partial charge in [-0.2, -0.15) is 10.4 Å². The molecule has 0 aliphatic heterocycles. The molecule has 7 nitrogen and oxygen atoms in total. The van der Waals surface area contributed by atoms with Gasteiger partial charge in [-0.1, -0.05) is 11.8 Å². The number of carbonyl (C=O) groups excluding carboxylic acids is 1. The zero-order chi connectivity index (χ0) is 24.0. The first-order valence-electron chi connectivity index (χ1n) is 10.1. The Morgan fingerprint density at radius 3 is 2.70 bits per heavy atom. The predicted octanol–water partition coefficient (Wildman–Crippen LogP) is 4.66. The van der Waals surface area contributed by atoms with Gasteiger partial charge < -0.3 is 9.30 Å². The first kappa shape index (κ1) is 25.0. The number of benzene rings is 1. The summed E-state index contributed by atoms with van der Waals surface area (Å²) in [5.41, 5.74) is 8.65. The summed E-state index contributed by atoms with van der Waals surface area (Å²) in [6.07, 6.45) is 1.65. The maximum absolute atomic E-state index is 12.3. The number of hydrogen-bond donors (Lipinski definition) is 1. The minimum Gasteiger partial charge on any atom is -0.380 e. The number of hydrazone groups is 1. The van der Waals surface area contributed by atoms with Gasteiger partial charge in [0.05, 0.1) is 24.1 Å². The molecular weight excluding hydrogens is 549 g/mol. The lowest BCUT2D eigenvalue weighted by Gasteiger charge is -2.09. The van der Waals surface area contributed by atoms with Crippen molar-refractivity contribution in [3.8, 4) is 11.8 Å². The van der Waals surface area contributed by atoms with E-state index in [-0.39, 0.29) is 11.7 Å². The molecule has 2 heterocycles. The molecule has 0 fully saturated rings. The Hall–Kier alpha value is -2.68. The standard InChI is InChI=1S/C24H24IN5O2S/c1-15-9-19(13-32-4)22(11-26)24(28-15)33-14-23(31)29-27-12-18-10-16(2)30(17(18)3)21-7-5-20(25)6-8-21/h5-10,12H,13-14H2,1-4H3,(H,29,31)/b27-12+. The largest absolute Gasteiger partial charge is 0.380 e. The van der Waals surface area contributed by atoms with Crippen LogP contribution in [-0.4, -0.2) is 34.5 Å². The van der Waals surface area contributed by atoms with Gasteiger partial charge in [0.25, 0.3) is 0 Å². The van der Waals surface area contributed by atoms with Gasteiger partial charge in [0.1, 0.15) is 11.1 Å². The lowest BCUT2D eigenvalue weighted by molar-refractivity contribution is -0.118. The maximum Gasteiger partial charge on any atom is 0.250 e. The lowest BCUT2D eigenvalue weighted by Crippen LogP contribution is -2.20. The van der Waals surface area contributed by atoms with E-state index in [1.165, 1.54) is 15.3 Å². The fourth-order valence-corrected chi connectivity index (χ4v) is 4.67. The number of pyridine rings is 1. The molecule has 1 N–H and O–H groups in total. The van der Waals surface area contributed by atoms with Gasteiger partial charge in [0.2, 0.25) is 5.91 Å². The molecule has 0 aliphatic rings. The van der Waals surface area contributed by atoms with Gasteiger partial charge >= 0.3 is 0 Å². The minimum absolute atomic E-state index is 0.0938. The molecule has 0 aliphatic carbocycles. The summed E-state index contributed by atoms with van der Waals surface area (Å²) in [6.45, 7) is 6.23. The molecule has 1 amide bonds. The summed E-state index contributed by atoms with van der Waals surface area (Å²) in [5.74, 6) is -0.181. The summed E-state index contributed by atoms with van der Waals surface area (Å²) >= 11 is 3.49. The number of amides is 1. The van der Waals surface area contributed by atoms with Gasteiger partial charge in [-0.25, -0.2) is 10.4 Å². The number of hydrogen-bond acceptors (Lipinski definition) is 6. The Bertz CT molecular complexity index is 1230. The number of carbonyl (C=O) groups is 1. The number of halogens is 1. The molecule has 9 heteroatoms. The number of ether oxygens (including phenoxy) is 1. The van der Waals surface area contributed by atoms with Crippen LogP contribution >= 0.6 is 34.4 Å². The maximum atomic E-state index is 12.3. The number of nitrogens with one attached hydrogen (secondary N) is 1. The molecule has 0 spiro atoms. The second-order valence-electron chi connectivity index (χ2n) is 7.37. The summed E-state index contributed by atoms with van der Waals surface area (Å²) < 4.78 is 8.50. The van der Waals surface area contributed by atoms with Crippen molar-refractivity contribution in [1.82, 2.24) is 15.0 Å². The van der Waals surface area contributed by atoms with Gasteiger partial charge in [0.15, 0.2) is 0 Å². The van der Waals surface area contributed by atoms with Crippen LogP contribution in [0.15, 0.2) is 46.5 Å². The predicted molar refractivity (Wildman–Crippen MR) is 139 cm³/mol. The zero-order valence-corrected chi connectivity index (χ0v) is 21.8. The second-order valence-corrected chi connectivity index (χ2v) is 9.58. The molecule has 0 saturated heterocycles. The van der Waals surface area contributed by atoms with Crippen LogP contribution in [0.4, 0.5) is 0 Å². The van der Waals surface area contributed by atoms with Crippen LogP contribution in [0.1, 0.15) is 33.8 Å². The molecule has 170 valence electrons. The summed E-state index contributed by atoms with van der Waals surface area (Å²) in [5, 5.41) is 14.2. The summed E-state index contributed by atoms with van der Waals surface area (Å²) in [4.78, 5) is 16.7. The SMILES string of the molecule is COCc1cc(C)nc(SCC(=O)N/N=C/c2cc(C)n(-c3ccc(I)cc3)c2C)c1C#N. The molecule has 0 unspecified atom stereocenters. The highest BCUT2D eigenvalue weighted by molar-refractivity contribution is 14.1. The van der Waals surface area contributed by atoms with Crippen molar-refractivity contribution in [3.63, 3.8) is 0 Å². The van der Waals surface area contributed by atoms with E-state index in [1.807, 2.05) is 32.9 Å². The van der Waals surface area contributed by atoms with Crippen LogP contribution in [0.3, 0.4) is 0 Å². The molecule has 2 aromatic heterocycles. The van der Waals surface area contributed by atoms with E-state index in [0.29, 0.717) is 17.2 Å². The highest BCUT2D eigenvalue weighted by atomic mass is 127. The van der Waals surface area contributed by atoms with Gasteiger partial charge in [-0.05, 0) is 85.3 Å². The Morgan fingerprint density at radius 2 is 2.03 bits per heavy atom. The molecule has 0 saturated carbocycles. The van der Waals surface area contributed by atoms with Gasteiger partial charge in [-0.15, -0.1) is 0 Å². The average Bonchev–Trinajstić information content (AvgIpc) is 3.06. The van der Waals surface area contributed by atoms with Crippen LogP contribution in [-0.2, 0) is 16.1 Å². The smallest absolute Gasteiger partial charge is 0.250 e. The first-order valence-corrected chi connectivity index (χ1v) is 12.2. The molecular formula is C24H24IN5O2S. The Labute approximate surface area is 211 Å². The van der Waals surface area contributed by atoms with Crippen LogP contribution < -0.4 is 5.43 Å². The normalized spacial score (nSPS) is 11.0. The number of aryl methyl sites for hydroxylation is 2. The third-order valence-corrected chi connectivity index (χ3v) is 6.59. The van der Waals surface area contributed by atoms with E-state index in [4.69, 9.17) is 4.74 Å². The van der Waals surface area contributed by atoms with Crippen molar-refractivity contribution in [2.75, 3.05) is 12.9 Å². The Morgan fingerprint density at radius 1 is 1.30 bits per heavy atom. The van der Waals surface area contributed by atoms with Crippen LogP contribution in [0.25, 0.3) is 5.69 Å². The topological polar surface area (TPSA) is 92.3 Å². The van der Waals surface area contributed by atoms with Crippen molar-refractivity contribution < 1.29 is 9.53 Å². The van der Waals surface area contributed by atoms with E-state index >= 15 is 0 Å². The fraction of sp³-hybridized carbons (Fsp3) is 0.250. The first-order chi connectivity index (χ1) is 15.8. The number of aromatic nitrogens is 2. The molecule has 0 atom stereocenters. The molecule has 0 radical (unpaired) electrons. The molecule has 0 bridgehead atoms.